The number of nitrogens with one attached hydrogen (secondary N) is 1. The lowest BCUT2D eigenvalue weighted by atomic mass is 10.2. The van der Waals surface area contributed by atoms with Gasteiger partial charge in [-0.05, 0) is 19.4 Å². The van der Waals surface area contributed by atoms with Crippen molar-refractivity contribution in [3.8, 4) is 0 Å². The Labute approximate surface area is 116 Å². The first kappa shape index (κ1) is 15.6. The van der Waals surface area contributed by atoms with Crippen LogP contribution in [0.1, 0.15) is 39.4 Å². The third kappa shape index (κ3) is 5.44. The number of imidazole rings is 1. The van der Waals surface area contributed by atoms with Crippen molar-refractivity contribution >= 4 is 11.8 Å². The fraction of sp³-hybridized carbons (Fsp3) is 0.786. The van der Waals surface area contributed by atoms with E-state index in [4.69, 9.17) is 0 Å². The lowest BCUT2D eigenvalue weighted by Gasteiger charge is -2.19. The van der Waals surface area contributed by atoms with Crippen LogP contribution in [-0.2, 0) is 13.5 Å². The van der Waals surface area contributed by atoms with Crippen molar-refractivity contribution in [3.63, 3.8) is 0 Å². The van der Waals surface area contributed by atoms with Crippen LogP contribution in [0.15, 0.2) is 12.4 Å². The van der Waals surface area contributed by atoms with Crippen molar-refractivity contribution in [2.45, 2.75) is 51.3 Å². The van der Waals surface area contributed by atoms with E-state index in [0.29, 0.717) is 6.04 Å². The number of rotatable bonds is 9. The summed E-state index contributed by atoms with van der Waals surface area (Å²) in [5, 5.41) is 4.35. The molecule has 0 aliphatic rings. The summed E-state index contributed by atoms with van der Waals surface area (Å²) in [5.41, 5.74) is 0. The Hall–Kier alpha value is -0.480. The molecule has 0 aliphatic carbocycles. The quantitative estimate of drug-likeness (QED) is 0.747. The second-order valence-corrected chi connectivity index (χ2v) is 6.27. The zero-order valence-electron chi connectivity index (χ0n) is 12.1. The van der Waals surface area contributed by atoms with E-state index < -0.39 is 0 Å². The summed E-state index contributed by atoms with van der Waals surface area (Å²) in [6.45, 7) is 7.80. The van der Waals surface area contributed by atoms with Crippen LogP contribution in [0.25, 0.3) is 0 Å². The van der Waals surface area contributed by atoms with Crippen LogP contribution in [0.5, 0.6) is 0 Å². The summed E-state index contributed by atoms with van der Waals surface area (Å²) in [5.74, 6) is 2.39. The predicted octanol–water partition coefficient (Wildman–Crippen LogP) is 2.86. The van der Waals surface area contributed by atoms with Gasteiger partial charge in [0, 0.05) is 42.9 Å². The Morgan fingerprint density at radius 3 is 2.78 bits per heavy atom. The smallest absolute Gasteiger partial charge is 0.108 e. The molecule has 18 heavy (non-hydrogen) atoms. The van der Waals surface area contributed by atoms with Gasteiger partial charge in [-0.1, -0.05) is 20.8 Å². The summed E-state index contributed by atoms with van der Waals surface area (Å²) in [6, 6.07) is 0.602. The fourth-order valence-electron chi connectivity index (χ4n) is 1.87. The van der Waals surface area contributed by atoms with E-state index in [0.717, 1.165) is 18.2 Å². The summed E-state index contributed by atoms with van der Waals surface area (Å²) in [6.07, 6.45) is 7.38. The monoisotopic (exact) mass is 269 g/mol. The van der Waals surface area contributed by atoms with Crippen LogP contribution in [0, 0.1) is 0 Å². The molecule has 1 rings (SSSR count). The third-order valence-electron chi connectivity index (χ3n) is 3.29. The van der Waals surface area contributed by atoms with Gasteiger partial charge in [-0.3, -0.25) is 0 Å². The second-order valence-electron chi connectivity index (χ2n) is 4.80. The molecule has 0 saturated carbocycles. The maximum Gasteiger partial charge on any atom is 0.108 e. The molecule has 0 saturated heterocycles. The maximum absolute atomic E-state index is 4.39. The molecule has 1 aromatic heterocycles. The first-order valence-corrected chi connectivity index (χ1v) is 8.03. The Kier molecular flexibility index (Phi) is 7.44. The van der Waals surface area contributed by atoms with Gasteiger partial charge in [0.2, 0.25) is 0 Å². The lowest BCUT2D eigenvalue weighted by Crippen LogP contribution is -2.32. The summed E-state index contributed by atoms with van der Waals surface area (Å²) in [7, 11) is 2.07. The summed E-state index contributed by atoms with van der Waals surface area (Å²) < 4.78 is 2.12. The highest BCUT2D eigenvalue weighted by molar-refractivity contribution is 7.99. The largest absolute Gasteiger partial charge is 0.338 e. The molecule has 0 aromatic carbocycles. The van der Waals surface area contributed by atoms with E-state index in [2.05, 4.69) is 54.4 Å². The molecule has 104 valence electrons. The van der Waals surface area contributed by atoms with Gasteiger partial charge in [-0.15, -0.1) is 0 Å². The number of aromatic nitrogens is 2. The lowest BCUT2D eigenvalue weighted by molar-refractivity contribution is 0.526. The minimum atomic E-state index is 0.602. The zero-order valence-corrected chi connectivity index (χ0v) is 13.0. The average molecular weight is 269 g/mol. The fourth-order valence-corrected chi connectivity index (χ4v) is 2.95. The molecule has 0 fully saturated rings. The summed E-state index contributed by atoms with van der Waals surface area (Å²) in [4.78, 5) is 4.39. The number of thioether (sulfide) groups is 1. The van der Waals surface area contributed by atoms with Crippen molar-refractivity contribution in [1.29, 1.82) is 0 Å². The first-order valence-electron chi connectivity index (χ1n) is 6.98. The van der Waals surface area contributed by atoms with E-state index in [1.54, 1.807) is 0 Å². The van der Waals surface area contributed by atoms with E-state index in [1.165, 1.54) is 24.4 Å². The Morgan fingerprint density at radius 1 is 1.44 bits per heavy atom. The highest BCUT2D eigenvalue weighted by Gasteiger charge is 2.11. The van der Waals surface area contributed by atoms with Gasteiger partial charge in [0.05, 0.1) is 0 Å². The maximum atomic E-state index is 4.39. The molecule has 0 radical (unpaired) electrons. The molecule has 0 spiro atoms. The normalized spacial score (nSPS) is 14.7. The third-order valence-corrected chi connectivity index (χ3v) is 4.78. The van der Waals surface area contributed by atoms with Crippen molar-refractivity contribution in [2.75, 3.05) is 12.3 Å². The molecular weight excluding hydrogens is 242 g/mol. The van der Waals surface area contributed by atoms with Crippen molar-refractivity contribution < 1.29 is 0 Å². The van der Waals surface area contributed by atoms with Gasteiger partial charge < -0.3 is 9.88 Å². The molecule has 1 N–H and O–H groups in total. The number of hydrogen-bond acceptors (Lipinski definition) is 3. The molecule has 3 nitrogen and oxygen atoms in total. The number of nitrogens with zero attached hydrogens (tertiary/aromatic N) is 2. The van der Waals surface area contributed by atoms with Crippen molar-refractivity contribution in [2.24, 2.45) is 7.05 Å². The molecule has 1 aromatic rings. The molecule has 0 amide bonds. The molecule has 0 bridgehead atoms. The van der Waals surface area contributed by atoms with E-state index in [9.17, 15) is 0 Å². The Bertz CT molecular complexity index is 325. The van der Waals surface area contributed by atoms with Gasteiger partial charge >= 0.3 is 0 Å². The van der Waals surface area contributed by atoms with Gasteiger partial charge in [0.15, 0.2) is 0 Å². The van der Waals surface area contributed by atoms with E-state index >= 15 is 0 Å². The highest BCUT2D eigenvalue weighted by atomic mass is 32.2. The summed E-state index contributed by atoms with van der Waals surface area (Å²) >= 11 is 2.08. The predicted molar refractivity (Wildman–Crippen MR) is 81.2 cm³/mol. The van der Waals surface area contributed by atoms with Gasteiger partial charge in [0.25, 0.3) is 0 Å². The van der Waals surface area contributed by atoms with Crippen LogP contribution in [0.2, 0.25) is 0 Å². The van der Waals surface area contributed by atoms with Crippen LogP contribution in [0.3, 0.4) is 0 Å². The van der Waals surface area contributed by atoms with Gasteiger partial charge in [-0.2, -0.15) is 11.8 Å². The van der Waals surface area contributed by atoms with Gasteiger partial charge in [-0.25, -0.2) is 4.98 Å². The first-order chi connectivity index (χ1) is 8.67. The van der Waals surface area contributed by atoms with Gasteiger partial charge in [0.1, 0.15) is 5.82 Å². The average Bonchev–Trinajstić information content (AvgIpc) is 2.78. The molecule has 2 atom stereocenters. The topological polar surface area (TPSA) is 29.9 Å². The van der Waals surface area contributed by atoms with Crippen LogP contribution >= 0.6 is 11.8 Å². The van der Waals surface area contributed by atoms with E-state index in [1.807, 2.05) is 12.4 Å². The van der Waals surface area contributed by atoms with Crippen LogP contribution in [-0.4, -0.2) is 33.1 Å². The number of aryl methyl sites for hydroxylation is 2. The molecular formula is C14H27N3S. The van der Waals surface area contributed by atoms with E-state index in [-0.39, 0.29) is 0 Å². The minimum absolute atomic E-state index is 0.602. The van der Waals surface area contributed by atoms with Crippen molar-refractivity contribution in [3.05, 3.63) is 18.2 Å². The van der Waals surface area contributed by atoms with Crippen molar-refractivity contribution in [1.82, 2.24) is 14.9 Å². The Morgan fingerprint density at radius 2 is 2.22 bits per heavy atom. The second kappa shape index (κ2) is 8.59. The zero-order chi connectivity index (χ0) is 13.4. The molecule has 1 heterocycles. The number of hydrogen-bond donors (Lipinski definition) is 1. The SMILES string of the molecule is CCNC(CCc1nccn1C)CSC(C)CC. The minimum Gasteiger partial charge on any atom is -0.338 e. The van der Waals surface area contributed by atoms with Crippen LogP contribution in [0.4, 0.5) is 0 Å². The molecule has 4 heteroatoms. The molecule has 0 aliphatic heterocycles. The highest BCUT2D eigenvalue weighted by Crippen LogP contribution is 2.16. The van der Waals surface area contributed by atoms with Crippen LogP contribution < -0.4 is 5.32 Å². The standard InChI is InChI=1S/C14H27N3S/c1-5-12(3)18-11-13(15-6-2)7-8-14-16-9-10-17(14)4/h9-10,12-13,15H,5-8,11H2,1-4H3. The Balaban J connectivity index is 2.35. The molecule has 2 unspecified atom stereocenters.